The van der Waals surface area contributed by atoms with Crippen LogP contribution in [0.4, 0.5) is 0 Å². The van der Waals surface area contributed by atoms with Crippen molar-refractivity contribution in [1.82, 2.24) is 0 Å². The predicted molar refractivity (Wildman–Crippen MR) is 51.3 cm³/mol. The molecule has 0 unspecified atom stereocenters. The molecular weight excluding hydrogens is 160 g/mol. The molecule has 72 valence electrons. The van der Waals surface area contributed by atoms with Gasteiger partial charge in [0.15, 0.2) is 0 Å². The van der Waals surface area contributed by atoms with Crippen LogP contribution in [0.3, 0.4) is 0 Å². The van der Waals surface area contributed by atoms with Gasteiger partial charge in [0.1, 0.15) is 5.78 Å². The highest BCUT2D eigenvalue weighted by Crippen LogP contribution is 2.62. The third-order valence-electron chi connectivity index (χ3n) is 4.86. The van der Waals surface area contributed by atoms with Gasteiger partial charge in [0, 0.05) is 12.3 Å². The van der Waals surface area contributed by atoms with Gasteiger partial charge in [-0.05, 0) is 36.5 Å². The molecule has 0 N–H and O–H groups in total. The number of ketones is 1. The van der Waals surface area contributed by atoms with E-state index in [1.807, 2.05) is 0 Å². The molecule has 0 aromatic carbocycles. The minimum atomic E-state index is 0.418. The van der Waals surface area contributed by atoms with Gasteiger partial charge in [0.25, 0.3) is 0 Å². The van der Waals surface area contributed by atoms with Crippen LogP contribution < -0.4 is 0 Å². The van der Waals surface area contributed by atoms with Crippen molar-refractivity contribution in [2.75, 3.05) is 0 Å². The first-order valence-electron chi connectivity index (χ1n) is 5.73. The molecule has 3 aliphatic carbocycles. The highest BCUT2D eigenvalue weighted by atomic mass is 16.1. The fraction of sp³-hybridized carbons (Fsp3) is 0.917. The molecule has 0 spiro atoms. The average Bonchev–Trinajstić information content (AvgIpc) is 2.37. The smallest absolute Gasteiger partial charge is 0.137 e. The van der Waals surface area contributed by atoms with Crippen LogP contribution in [0.25, 0.3) is 0 Å². The second-order valence-corrected chi connectivity index (χ2v) is 5.68. The Balaban J connectivity index is 2.02. The molecule has 0 aromatic rings. The molecule has 3 rings (SSSR count). The van der Waals surface area contributed by atoms with Gasteiger partial charge in [0.2, 0.25) is 0 Å². The first-order valence-corrected chi connectivity index (χ1v) is 5.73. The maximum Gasteiger partial charge on any atom is 0.137 e. The molecule has 4 bridgehead atoms. The zero-order valence-electron chi connectivity index (χ0n) is 8.38. The van der Waals surface area contributed by atoms with E-state index in [0.29, 0.717) is 17.1 Å². The maximum absolute atomic E-state index is 11.8. The zero-order valence-corrected chi connectivity index (χ0v) is 8.38. The molecule has 0 heterocycles. The molecule has 13 heavy (non-hydrogen) atoms. The summed E-state index contributed by atoms with van der Waals surface area (Å²) in [5.74, 6) is 2.65. The summed E-state index contributed by atoms with van der Waals surface area (Å²) in [4.78, 5) is 11.8. The van der Waals surface area contributed by atoms with E-state index in [2.05, 4.69) is 6.92 Å². The molecule has 0 saturated heterocycles. The lowest BCUT2D eigenvalue weighted by Gasteiger charge is -2.32. The van der Waals surface area contributed by atoms with Crippen molar-refractivity contribution in [2.24, 2.45) is 23.2 Å². The van der Waals surface area contributed by atoms with Gasteiger partial charge in [-0.3, -0.25) is 4.79 Å². The van der Waals surface area contributed by atoms with E-state index >= 15 is 0 Å². The van der Waals surface area contributed by atoms with Crippen molar-refractivity contribution in [3.05, 3.63) is 0 Å². The molecule has 3 aliphatic rings. The number of Topliss-reactive ketones (excluding diaryl/α,β-unsaturated/α-hetero) is 1. The van der Waals surface area contributed by atoms with E-state index < -0.39 is 0 Å². The summed E-state index contributed by atoms with van der Waals surface area (Å²) in [6, 6.07) is 0. The summed E-state index contributed by atoms with van der Waals surface area (Å²) in [6.07, 6.45) is 7.68. The van der Waals surface area contributed by atoms with Crippen LogP contribution in [-0.2, 0) is 4.79 Å². The lowest BCUT2D eigenvalue weighted by molar-refractivity contribution is -0.126. The summed E-state index contributed by atoms with van der Waals surface area (Å²) in [7, 11) is 0. The van der Waals surface area contributed by atoms with Crippen LogP contribution in [0.15, 0.2) is 0 Å². The third-order valence-corrected chi connectivity index (χ3v) is 4.86. The minimum Gasteiger partial charge on any atom is -0.299 e. The topological polar surface area (TPSA) is 17.1 Å². The number of carbonyl (C=O) groups excluding carboxylic acids is 1. The standard InChI is InChI=1S/C12H18O/c1-12-5-3-2-4-9-8(7-12)6-10(13)11(9)12/h8-9,11H,2-7H2,1H3/t8-,9+,11+,12-/m1/s1. The Morgan fingerprint density at radius 3 is 3.08 bits per heavy atom. The summed E-state index contributed by atoms with van der Waals surface area (Å²) in [6.45, 7) is 2.37. The first-order chi connectivity index (χ1) is 6.21. The van der Waals surface area contributed by atoms with Gasteiger partial charge in [-0.15, -0.1) is 0 Å². The molecule has 3 saturated carbocycles. The Hall–Kier alpha value is -0.330. The van der Waals surface area contributed by atoms with Crippen LogP contribution in [0, 0.1) is 23.2 Å². The number of rotatable bonds is 0. The molecule has 0 amide bonds. The summed E-state index contributed by atoms with van der Waals surface area (Å²) in [5.41, 5.74) is 0.418. The molecule has 0 aromatic heterocycles. The molecule has 1 nitrogen and oxygen atoms in total. The van der Waals surface area contributed by atoms with Gasteiger partial charge in [0.05, 0.1) is 0 Å². The van der Waals surface area contributed by atoms with Crippen molar-refractivity contribution in [2.45, 2.75) is 45.4 Å². The highest BCUT2D eigenvalue weighted by Gasteiger charge is 2.58. The zero-order chi connectivity index (χ0) is 9.05. The van der Waals surface area contributed by atoms with Crippen molar-refractivity contribution < 1.29 is 4.79 Å². The molecule has 3 fully saturated rings. The molecular formula is C12H18O. The van der Waals surface area contributed by atoms with Crippen molar-refractivity contribution in [1.29, 1.82) is 0 Å². The van der Waals surface area contributed by atoms with Crippen molar-refractivity contribution in [3.8, 4) is 0 Å². The lowest BCUT2D eigenvalue weighted by atomic mass is 9.71. The fourth-order valence-corrected chi connectivity index (χ4v) is 4.47. The van der Waals surface area contributed by atoms with Gasteiger partial charge >= 0.3 is 0 Å². The Morgan fingerprint density at radius 1 is 1.38 bits per heavy atom. The summed E-state index contributed by atoms with van der Waals surface area (Å²) >= 11 is 0. The quantitative estimate of drug-likeness (QED) is 0.557. The van der Waals surface area contributed by atoms with Crippen LogP contribution in [0.1, 0.15) is 45.4 Å². The van der Waals surface area contributed by atoms with E-state index in [0.717, 1.165) is 18.3 Å². The van der Waals surface area contributed by atoms with E-state index in [9.17, 15) is 4.79 Å². The maximum atomic E-state index is 11.8. The van der Waals surface area contributed by atoms with E-state index in [-0.39, 0.29) is 0 Å². The molecule has 4 atom stereocenters. The van der Waals surface area contributed by atoms with Gasteiger partial charge in [-0.1, -0.05) is 19.8 Å². The van der Waals surface area contributed by atoms with Gasteiger partial charge < -0.3 is 0 Å². The van der Waals surface area contributed by atoms with Crippen molar-refractivity contribution in [3.63, 3.8) is 0 Å². The van der Waals surface area contributed by atoms with E-state index in [1.54, 1.807) is 0 Å². The van der Waals surface area contributed by atoms with Crippen LogP contribution in [0.2, 0.25) is 0 Å². The van der Waals surface area contributed by atoms with Crippen LogP contribution in [-0.4, -0.2) is 5.78 Å². The predicted octanol–water partition coefficient (Wildman–Crippen LogP) is 2.79. The Morgan fingerprint density at radius 2 is 2.23 bits per heavy atom. The SMILES string of the molecule is C[C@]12CCCC[C@H]3[C@H](CC(=O)[C@H]31)C2. The number of hydrogen-bond acceptors (Lipinski definition) is 1. The largest absolute Gasteiger partial charge is 0.299 e. The van der Waals surface area contributed by atoms with Crippen LogP contribution >= 0.6 is 0 Å². The minimum absolute atomic E-state index is 0.418. The first kappa shape index (κ1) is 8.02. The monoisotopic (exact) mass is 178 g/mol. The second kappa shape index (κ2) is 2.37. The van der Waals surface area contributed by atoms with Gasteiger partial charge in [-0.25, -0.2) is 0 Å². The summed E-state index contributed by atoms with van der Waals surface area (Å²) in [5, 5.41) is 0. The summed E-state index contributed by atoms with van der Waals surface area (Å²) < 4.78 is 0. The normalized spacial score (nSPS) is 53.9. The highest BCUT2D eigenvalue weighted by molar-refractivity contribution is 5.86. The number of hydrogen-bond donors (Lipinski definition) is 0. The Labute approximate surface area is 79.9 Å². The fourth-order valence-electron chi connectivity index (χ4n) is 4.47. The second-order valence-electron chi connectivity index (χ2n) is 5.68. The Bertz CT molecular complexity index is 258. The lowest BCUT2D eigenvalue weighted by Crippen LogP contribution is -2.30. The van der Waals surface area contributed by atoms with Gasteiger partial charge in [-0.2, -0.15) is 0 Å². The van der Waals surface area contributed by atoms with E-state index in [4.69, 9.17) is 0 Å². The Kier molecular flexibility index (Phi) is 1.46. The van der Waals surface area contributed by atoms with E-state index in [1.165, 1.54) is 32.1 Å². The average molecular weight is 178 g/mol. The molecule has 0 aliphatic heterocycles. The molecule has 0 radical (unpaired) electrons. The van der Waals surface area contributed by atoms with Crippen molar-refractivity contribution >= 4 is 5.78 Å². The molecule has 1 heteroatoms. The van der Waals surface area contributed by atoms with Crippen LogP contribution in [0.5, 0.6) is 0 Å². The third kappa shape index (κ3) is 0.908. The number of carbonyl (C=O) groups is 1.